The molecule has 158 valence electrons. The molecule has 1 amide bonds. The van der Waals surface area contributed by atoms with E-state index in [-0.39, 0.29) is 25.4 Å². The summed E-state index contributed by atoms with van der Waals surface area (Å²) in [6.07, 6.45) is 1.59. The van der Waals surface area contributed by atoms with Gasteiger partial charge in [-0.15, -0.1) is 0 Å². The Morgan fingerprint density at radius 3 is 2.41 bits per heavy atom. The molecule has 0 aromatic heterocycles. The van der Waals surface area contributed by atoms with Gasteiger partial charge in [0, 0.05) is 29.6 Å². The van der Waals surface area contributed by atoms with Crippen LogP contribution < -0.4 is 14.4 Å². The van der Waals surface area contributed by atoms with Crippen molar-refractivity contribution >= 4 is 56.4 Å². The van der Waals surface area contributed by atoms with E-state index in [9.17, 15) is 13.2 Å². The first-order valence-corrected chi connectivity index (χ1v) is 11.6. The number of hydrogen-bond donors (Lipinski definition) is 1. The third-order valence-electron chi connectivity index (χ3n) is 4.08. The van der Waals surface area contributed by atoms with Crippen LogP contribution >= 0.6 is 34.8 Å². The van der Waals surface area contributed by atoms with Gasteiger partial charge < -0.3 is 10.1 Å². The summed E-state index contributed by atoms with van der Waals surface area (Å²) in [7, 11) is -2.07. The minimum atomic E-state index is -3.54. The van der Waals surface area contributed by atoms with Crippen molar-refractivity contribution in [3.63, 3.8) is 0 Å². The number of ether oxygens (including phenoxy) is 1. The van der Waals surface area contributed by atoms with E-state index in [0.29, 0.717) is 32.9 Å². The van der Waals surface area contributed by atoms with Gasteiger partial charge in [-0.25, -0.2) is 8.42 Å². The third-order valence-corrected chi connectivity index (χ3v) is 6.16. The number of sulfonamides is 1. The zero-order chi connectivity index (χ0) is 21.6. The summed E-state index contributed by atoms with van der Waals surface area (Å²) in [5, 5.41) is 4.05. The van der Waals surface area contributed by atoms with Crippen LogP contribution in [0.2, 0.25) is 15.1 Å². The van der Waals surface area contributed by atoms with Crippen molar-refractivity contribution in [2.45, 2.75) is 19.4 Å². The Hall–Kier alpha value is -1.67. The molecule has 2 aromatic rings. The summed E-state index contributed by atoms with van der Waals surface area (Å²) in [5.74, 6) is 0.237. The van der Waals surface area contributed by atoms with Crippen LogP contribution in [0.5, 0.6) is 5.75 Å². The first-order chi connectivity index (χ1) is 13.6. The van der Waals surface area contributed by atoms with E-state index >= 15 is 0 Å². The van der Waals surface area contributed by atoms with Gasteiger partial charge in [-0.1, -0.05) is 40.9 Å². The van der Waals surface area contributed by atoms with Crippen molar-refractivity contribution in [1.29, 1.82) is 0 Å². The smallest absolute Gasteiger partial charge is 0.232 e. The minimum Gasteiger partial charge on any atom is -0.495 e. The second-order valence-corrected chi connectivity index (χ2v) is 9.43. The molecule has 0 unspecified atom stereocenters. The van der Waals surface area contributed by atoms with E-state index in [1.807, 2.05) is 0 Å². The van der Waals surface area contributed by atoms with Crippen LogP contribution in [0.25, 0.3) is 0 Å². The minimum absolute atomic E-state index is 0.136. The summed E-state index contributed by atoms with van der Waals surface area (Å²) in [4.78, 5) is 12.1. The third kappa shape index (κ3) is 6.96. The number of nitrogens with one attached hydrogen (secondary N) is 1. The van der Waals surface area contributed by atoms with Crippen LogP contribution in [0.1, 0.15) is 18.4 Å². The Balaban J connectivity index is 1.94. The molecule has 0 aliphatic rings. The van der Waals surface area contributed by atoms with Crippen molar-refractivity contribution < 1.29 is 17.9 Å². The van der Waals surface area contributed by atoms with Crippen molar-refractivity contribution in [2.75, 3.05) is 24.2 Å². The average Bonchev–Trinajstić information content (AvgIpc) is 2.63. The lowest BCUT2D eigenvalue weighted by Gasteiger charge is -2.23. The zero-order valence-corrected chi connectivity index (χ0v) is 19.0. The molecule has 10 heteroatoms. The van der Waals surface area contributed by atoms with Gasteiger partial charge in [0.2, 0.25) is 15.9 Å². The standard InChI is InChI=1S/C19H21Cl3N2O4S/c1-28-18-8-7-15(11-17(18)22)24(29(2,26)27)9-3-4-19(25)23-12-13-5-6-14(20)10-16(13)21/h5-8,10-11H,3-4,9,12H2,1-2H3,(H,23,25). The molecule has 29 heavy (non-hydrogen) atoms. The summed E-state index contributed by atoms with van der Waals surface area (Å²) in [6.45, 7) is 0.398. The summed E-state index contributed by atoms with van der Waals surface area (Å²) in [6, 6.07) is 9.76. The monoisotopic (exact) mass is 478 g/mol. The van der Waals surface area contributed by atoms with Gasteiger partial charge in [0.15, 0.2) is 0 Å². The summed E-state index contributed by atoms with van der Waals surface area (Å²) in [5.41, 5.74) is 1.15. The fourth-order valence-electron chi connectivity index (χ4n) is 2.63. The number of halogens is 3. The highest BCUT2D eigenvalue weighted by atomic mass is 35.5. The van der Waals surface area contributed by atoms with E-state index in [4.69, 9.17) is 39.5 Å². The van der Waals surface area contributed by atoms with Crippen LogP contribution in [0.3, 0.4) is 0 Å². The van der Waals surface area contributed by atoms with Crippen LogP contribution in [-0.2, 0) is 21.4 Å². The number of rotatable bonds is 9. The van der Waals surface area contributed by atoms with Crippen LogP contribution in [0.15, 0.2) is 36.4 Å². The molecule has 0 heterocycles. The van der Waals surface area contributed by atoms with Crippen LogP contribution in [-0.4, -0.2) is 34.2 Å². The van der Waals surface area contributed by atoms with Gasteiger partial charge in [-0.3, -0.25) is 9.10 Å². The molecule has 0 atom stereocenters. The van der Waals surface area contributed by atoms with E-state index in [2.05, 4.69) is 5.32 Å². The highest BCUT2D eigenvalue weighted by molar-refractivity contribution is 7.92. The van der Waals surface area contributed by atoms with Crippen molar-refractivity contribution in [1.82, 2.24) is 5.32 Å². The van der Waals surface area contributed by atoms with Gasteiger partial charge in [0.05, 0.1) is 24.1 Å². The molecule has 0 aliphatic heterocycles. The van der Waals surface area contributed by atoms with Gasteiger partial charge in [-0.05, 0) is 42.3 Å². The second kappa shape index (κ2) is 10.4. The van der Waals surface area contributed by atoms with E-state index in [1.165, 1.54) is 17.5 Å². The van der Waals surface area contributed by atoms with Crippen molar-refractivity contribution in [3.05, 3.63) is 57.0 Å². The highest BCUT2D eigenvalue weighted by Gasteiger charge is 2.19. The number of methoxy groups -OCH3 is 1. The number of amides is 1. The van der Waals surface area contributed by atoms with Crippen LogP contribution in [0, 0.1) is 0 Å². The Kier molecular flexibility index (Phi) is 8.46. The van der Waals surface area contributed by atoms with E-state index in [1.54, 1.807) is 30.3 Å². The molecule has 2 rings (SSSR count). The predicted octanol–water partition coefficient (Wildman–Crippen LogP) is 4.52. The quantitative estimate of drug-likeness (QED) is 0.574. The lowest BCUT2D eigenvalue weighted by Crippen LogP contribution is -2.32. The maximum absolute atomic E-state index is 12.2. The normalized spacial score (nSPS) is 11.2. The van der Waals surface area contributed by atoms with E-state index < -0.39 is 10.0 Å². The van der Waals surface area contributed by atoms with Gasteiger partial charge in [-0.2, -0.15) is 0 Å². The Bertz CT molecular complexity index is 983. The van der Waals surface area contributed by atoms with E-state index in [0.717, 1.165) is 11.8 Å². The number of nitrogens with zero attached hydrogens (tertiary/aromatic N) is 1. The lowest BCUT2D eigenvalue weighted by atomic mass is 10.2. The van der Waals surface area contributed by atoms with Gasteiger partial charge in [0.1, 0.15) is 5.75 Å². The molecular weight excluding hydrogens is 459 g/mol. The van der Waals surface area contributed by atoms with Crippen molar-refractivity contribution in [2.24, 2.45) is 0 Å². The number of carbonyl (C=O) groups is 1. The first-order valence-electron chi connectivity index (χ1n) is 8.63. The Morgan fingerprint density at radius 1 is 1.10 bits per heavy atom. The molecule has 0 bridgehead atoms. The molecule has 1 N–H and O–H groups in total. The molecule has 2 aromatic carbocycles. The molecule has 0 saturated heterocycles. The van der Waals surface area contributed by atoms with Crippen LogP contribution in [0.4, 0.5) is 5.69 Å². The first kappa shape index (κ1) is 23.6. The SMILES string of the molecule is COc1ccc(N(CCCC(=O)NCc2ccc(Cl)cc2Cl)S(C)(=O)=O)cc1Cl. The predicted molar refractivity (Wildman–Crippen MR) is 118 cm³/mol. The number of carbonyl (C=O) groups excluding carboxylic acids is 1. The molecule has 0 aliphatic carbocycles. The van der Waals surface area contributed by atoms with Gasteiger partial charge in [0.25, 0.3) is 0 Å². The second-order valence-electron chi connectivity index (χ2n) is 6.27. The fourth-order valence-corrected chi connectivity index (χ4v) is 4.31. The number of anilines is 1. The average molecular weight is 480 g/mol. The Morgan fingerprint density at radius 2 is 1.83 bits per heavy atom. The molecular formula is C19H21Cl3N2O4S. The topological polar surface area (TPSA) is 75.7 Å². The number of hydrogen-bond acceptors (Lipinski definition) is 4. The summed E-state index contributed by atoms with van der Waals surface area (Å²) >= 11 is 18.0. The number of benzene rings is 2. The molecule has 0 fully saturated rings. The molecule has 6 nitrogen and oxygen atoms in total. The lowest BCUT2D eigenvalue weighted by molar-refractivity contribution is -0.121. The molecule has 0 spiro atoms. The van der Waals surface area contributed by atoms with Gasteiger partial charge >= 0.3 is 0 Å². The Labute approximate surface area is 185 Å². The maximum atomic E-state index is 12.2. The fraction of sp³-hybridized carbons (Fsp3) is 0.316. The molecule has 0 radical (unpaired) electrons. The summed E-state index contributed by atoms with van der Waals surface area (Å²) < 4.78 is 30.6. The zero-order valence-electron chi connectivity index (χ0n) is 15.9. The largest absolute Gasteiger partial charge is 0.495 e. The van der Waals surface area contributed by atoms with Crippen molar-refractivity contribution in [3.8, 4) is 5.75 Å². The maximum Gasteiger partial charge on any atom is 0.232 e. The molecule has 0 saturated carbocycles. The highest BCUT2D eigenvalue weighted by Crippen LogP contribution is 2.30.